The van der Waals surface area contributed by atoms with Crippen molar-refractivity contribution < 1.29 is 4.79 Å². The molecule has 164 valence electrons. The average Bonchev–Trinajstić information content (AvgIpc) is 3.23. The molecule has 0 saturated carbocycles. The first-order valence-electron chi connectivity index (χ1n) is 10.3. The van der Waals surface area contributed by atoms with Crippen LogP contribution in [0.5, 0.6) is 0 Å². The van der Waals surface area contributed by atoms with E-state index >= 15 is 0 Å². The van der Waals surface area contributed by atoms with Crippen LogP contribution in [0.15, 0.2) is 76.7 Å². The van der Waals surface area contributed by atoms with Gasteiger partial charge in [-0.2, -0.15) is 0 Å². The summed E-state index contributed by atoms with van der Waals surface area (Å²) < 4.78 is 3.47. The van der Waals surface area contributed by atoms with Gasteiger partial charge in [-0.25, -0.2) is 4.57 Å². The zero-order valence-electron chi connectivity index (χ0n) is 17.9. The largest absolute Gasteiger partial charge is 0.293 e. The number of carbonyl (C=O) groups is 1. The third-order valence-electron chi connectivity index (χ3n) is 5.56. The number of benzene rings is 3. The number of thioether (sulfide) groups is 1. The third kappa shape index (κ3) is 3.73. The molecule has 0 amide bonds. The van der Waals surface area contributed by atoms with Crippen LogP contribution in [0.2, 0.25) is 5.02 Å². The minimum absolute atomic E-state index is 0.0409. The molecular weight excluding hydrogens is 456 g/mol. The second-order valence-electron chi connectivity index (χ2n) is 7.73. The number of fused-ring (bicyclic) bond motifs is 3. The van der Waals surface area contributed by atoms with Gasteiger partial charge in [0.2, 0.25) is 5.78 Å². The Bertz CT molecular complexity index is 1570. The van der Waals surface area contributed by atoms with Crippen molar-refractivity contribution in [2.75, 3.05) is 5.75 Å². The standard InChI is InChI=1S/C25H19ClN4O2S/c1-15-6-5-7-16(2)22(15)30-23(32)19-8-3-4-9-20(19)29-24(30)27-28-25(29)33-14-21(31)17-10-12-18(26)13-11-17/h3-13H,14H2,1-2H3. The Morgan fingerprint density at radius 2 is 1.64 bits per heavy atom. The van der Waals surface area contributed by atoms with E-state index in [1.54, 1.807) is 34.9 Å². The van der Waals surface area contributed by atoms with Gasteiger partial charge in [0.15, 0.2) is 10.9 Å². The number of aromatic nitrogens is 4. The lowest BCUT2D eigenvalue weighted by Crippen LogP contribution is -2.23. The number of para-hydroxylation sites is 2. The predicted octanol–water partition coefficient (Wildman–Crippen LogP) is 5.28. The van der Waals surface area contributed by atoms with Crippen molar-refractivity contribution in [2.24, 2.45) is 0 Å². The fourth-order valence-electron chi connectivity index (χ4n) is 3.98. The molecule has 0 aliphatic carbocycles. The van der Waals surface area contributed by atoms with E-state index < -0.39 is 0 Å². The minimum atomic E-state index is -0.156. The molecule has 0 atom stereocenters. The first-order chi connectivity index (χ1) is 16.0. The first-order valence-corrected chi connectivity index (χ1v) is 11.7. The van der Waals surface area contributed by atoms with Crippen molar-refractivity contribution in [1.82, 2.24) is 19.2 Å². The van der Waals surface area contributed by atoms with E-state index in [1.165, 1.54) is 11.8 Å². The van der Waals surface area contributed by atoms with E-state index in [-0.39, 0.29) is 17.1 Å². The van der Waals surface area contributed by atoms with E-state index in [9.17, 15) is 9.59 Å². The third-order valence-corrected chi connectivity index (χ3v) is 6.74. The number of hydrogen-bond donors (Lipinski definition) is 0. The molecule has 0 unspecified atom stereocenters. The maximum absolute atomic E-state index is 13.5. The summed E-state index contributed by atoms with van der Waals surface area (Å²) in [5.41, 5.74) is 3.84. The van der Waals surface area contributed by atoms with Gasteiger partial charge in [-0.1, -0.05) is 53.7 Å². The molecule has 0 aliphatic rings. The number of rotatable bonds is 5. The molecule has 3 aromatic carbocycles. The molecular formula is C25H19ClN4O2S. The van der Waals surface area contributed by atoms with E-state index in [2.05, 4.69) is 10.2 Å². The molecule has 6 nitrogen and oxygen atoms in total. The smallest absolute Gasteiger partial charge is 0.267 e. The van der Waals surface area contributed by atoms with Gasteiger partial charge >= 0.3 is 0 Å². The van der Waals surface area contributed by atoms with Crippen LogP contribution in [-0.4, -0.2) is 30.7 Å². The molecule has 2 heterocycles. The van der Waals surface area contributed by atoms with Gasteiger partial charge < -0.3 is 0 Å². The summed E-state index contributed by atoms with van der Waals surface area (Å²) in [5, 5.41) is 10.4. The highest BCUT2D eigenvalue weighted by Crippen LogP contribution is 2.26. The van der Waals surface area contributed by atoms with Crippen molar-refractivity contribution in [3.8, 4) is 5.69 Å². The summed E-state index contributed by atoms with van der Waals surface area (Å²) >= 11 is 7.22. The molecule has 0 fully saturated rings. The molecule has 2 aromatic heterocycles. The summed E-state index contributed by atoms with van der Waals surface area (Å²) in [6.07, 6.45) is 0. The lowest BCUT2D eigenvalue weighted by molar-refractivity contribution is 0.102. The molecule has 8 heteroatoms. The monoisotopic (exact) mass is 474 g/mol. The quantitative estimate of drug-likeness (QED) is 0.256. The Hall–Kier alpha value is -3.42. The van der Waals surface area contributed by atoms with Crippen LogP contribution in [0, 0.1) is 13.8 Å². The van der Waals surface area contributed by atoms with E-state index in [0.29, 0.717) is 32.4 Å². The summed E-state index contributed by atoms with van der Waals surface area (Å²) in [6.45, 7) is 3.94. The van der Waals surface area contributed by atoms with Gasteiger partial charge in [-0.3, -0.25) is 14.0 Å². The summed E-state index contributed by atoms with van der Waals surface area (Å²) in [6, 6.07) is 20.1. The fourth-order valence-corrected chi connectivity index (χ4v) is 4.94. The van der Waals surface area contributed by atoms with Gasteiger partial charge in [-0.15, -0.1) is 10.2 Å². The fraction of sp³-hybridized carbons (Fsp3) is 0.120. The molecule has 0 radical (unpaired) electrons. The molecule has 0 saturated heterocycles. The van der Waals surface area contributed by atoms with Gasteiger partial charge in [0, 0.05) is 10.6 Å². The highest BCUT2D eigenvalue weighted by atomic mass is 35.5. The number of Topliss-reactive ketones (excluding diaryl/α,β-unsaturated/α-hetero) is 1. The van der Waals surface area contributed by atoms with Crippen molar-refractivity contribution in [2.45, 2.75) is 19.0 Å². The molecule has 0 bridgehead atoms. The Labute approximate surface area is 198 Å². The highest BCUT2D eigenvalue weighted by Gasteiger charge is 2.20. The average molecular weight is 475 g/mol. The normalized spacial score (nSPS) is 11.4. The SMILES string of the molecule is Cc1cccc(C)c1-n1c(=O)c2ccccc2n2c(SCC(=O)c3ccc(Cl)cc3)nnc12. The topological polar surface area (TPSA) is 69.3 Å². The Kier molecular flexibility index (Phi) is 5.52. The van der Waals surface area contributed by atoms with Crippen LogP contribution in [0.4, 0.5) is 0 Å². The maximum atomic E-state index is 13.5. The van der Waals surface area contributed by atoms with Gasteiger partial charge in [0.05, 0.1) is 22.3 Å². The maximum Gasteiger partial charge on any atom is 0.267 e. The van der Waals surface area contributed by atoms with Crippen molar-refractivity contribution >= 4 is 45.8 Å². The Morgan fingerprint density at radius 3 is 2.36 bits per heavy atom. The second kappa shape index (κ2) is 8.50. The highest BCUT2D eigenvalue weighted by molar-refractivity contribution is 7.99. The van der Waals surface area contributed by atoms with Gasteiger partial charge in [0.25, 0.3) is 5.56 Å². The van der Waals surface area contributed by atoms with Crippen molar-refractivity contribution in [3.05, 3.63) is 98.8 Å². The molecule has 0 spiro atoms. The van der Waals surface area contributed by atoms with Crippen LogP contribution >= 0.6 is 23.4 Å². The minimum Gasteiger partial charge on any atom is -0.293 e. The molecule has 0 aliphatic heterocycles. The summed E-state index contributed by atoms with van der Waals surface area (Å²) in [5.74, 6) is 0.553. The van der Waals surface area contributed by atoms with Crippen LogP contribution in [-0.2, 0) is 0 Å². The molecule has 0 N–H and O–H groups in total. The van der Waals surface area contributed by atoms with E-state index in [4.69, 9.17) is 11.6 Å². The molecule has 33 heavy (non-hydrogen) atoms. The lowest BCUT2D eigenvalue weighted by atomic mass is 10.1. The van der Waals surface area contributed by atoms with Gasteiger partial charge in [-0.05, 0) is 61.4 Å². The second-order valence-corrected chi connectivity index (χ2v) is 9.11. The number of nitrogens with zero attached hydrogens (tertiary/aromatic N) is 4. The lowest BCUT2D eigenvalue weighted by Gasteiger charge is -2.15. The van der Waals surface area contributed by atoms with Crippen LogP contribution < -0.4 is 5.56 Å². The predicted molar refractivity (Wildman–Crippen MR) is 132 cm³/mol. The van der Waals surface area contributed by atoms with E-state index in [0.717, 1.165) is 16.8 Å². The van der Waals surface area contributed by atoms with Crippen LogP contribution in [0.25, 0.3) is 22.4 Å². The number of ketones is 1. The molecule has 5 rings (SSSR count). The van der Waals surface area contributed by atoms with Crippen LogP contribution in [0.3, 0.4) is 0 Å². The number of carbonyl (C=O) groups excluding carboxylic acids is 1. The summed E-state index contributed by atoms with van der Waals surface area (Å²) in [7, 11) is 0. The Morgan fingerprint density at radius 1 is 0.939 bits per heavy atom. The Balaban J connectivity index is 1.67. The number of hydrogen-bond acceptors (Lipinski definition) is 5. The zero-order chi connectivity index (χ0) is 23.1. The van der Waals surface area contributed by atoms with Gasteiger partial charge in [0.1, 0.15) is 0 Å². The molecule has 5 aromatic rings. The summed E-state index contributed by atoms with van der Waals surface area (Å²) in [4.78, 5) is 26.3. The number of aryl methyl sites for hydroxylation is 2. The van der Waals surface area contributed by atoms with Crippen molar-refractivity contribution in [1.29, 1.82) is 0 Å². The first kappa shape index (κ1) is 21.4. The van der Waals surface area contributed by atoms with Crippen LogP contribution in [0.1, 0.15) is 21.5 Å². The van der Waals surface area contributed by atoms with E-state index in [1.807, 2.05) is 54.6 Å². The zero-order valence-corrected chi connectivity index (χ0v) is 19.5. The number of halogens is 1. The van der Waals surface area contributed by atoms with Crippen molar-refractivity contribution in [3.63, 3.8) is 0 Å².